The van der Waals surface area contributed by atoms with Gasteiger partial charge in [-0.25, -0.2) is 4.79 Å². The molecule has 2 aromatic rings. The van der Waals surface area contributed by atoms with Crippen LogP contribution in [-0.4, -0.2) is 18.4 Å². The summed E-state index contributed by atoms with van der Waals surface area (Å²) in [5.41, 5.74) is 3.18. The largest absolute Gasteiger partial charge is 0.489 e. The normalized spacial score (nSPS) is 18.8. The third-order valence-corrected chi connectivity index (χ3v) is 4.59. The Hall–Kier alpha value is -2.79. The van der Waals surface area contributed by atoms with E-state index in [1.54, 1.807) is 0 Å². The van der Waals surface area contributed by atoms with Gasteiger partial charge in [0.1, 0.15) is 25.0 Å². The Morgan fingerprint density at radius 2 is 2.00 bits per heavy atom. The number of nitrogens with one attached hydrogen (secondary N) is 1. The van der Waals surface area contributed by atoms with Gasteiger partial charge in [-0.3, -0.25) is 4.99 Å². The van der Waals surface area contributed by atoms with Crippen molar-refractivity contribution in [2.45, 2.75) is 19.6 Å². The first kappa shape index (κ1) is 16.7. The number of esters is 1. The number of carbonyl (C=O) groups excluding carboxylic acids is 1. The van der Waals surface area contributed by atoms with Gasteiger partial charge >= 0.3 is 5.97 Å². The average molecular weight is 369 g/mol. The summed E-state index contributed by atoms with van der Waals surface area (Å²) in [6.45, 7) is 2.53. The molecule has 0 saturated heterocycles. The van der Waals surface area contributed by atoms with Crippen molar-refractivity contribution in [2.75, 3.05) is 6.61 Å². The summed E-state index contributed by atoms with van der Waals surface area (Å²) in [6.07, 6.45) is 0. The summed E-state index contributed by atoms with van der Waals surface area (Å²) in [5.74, 6) is 1.11. The Labute approximate surface area is 156 Å². The van der Waals surface area contributed by atoms with Crippen molar-refractivity contribution >= 4 is 23.4 Å². The molecule has 4 rings (SSSR count). The zero-order valence-electron chi connectivity index (χ0n) is 14.2. The molecule has 0 radical (unpaired) electrons. The maximum absolute atomic E-state index is 12.2. The lowest BCUT2D eigenvalue weighted by Gasteiger charge is -2.23. The highest BCUT2D eigenvalue weighted by Gasteiger charge is 2.36. The van der Waals surface area contributed by atoms with Gasteiger partial charge in [0.2, 0.25) is 0 Å². The van der Waals surface area contributed by atoms with E-state index in [-0.39, 0.29) is 12.6 Å². The smallest absolute Gasteiger partial charge is 0.338 e. The van der Waals surface area contributed by atoms with E-state index < -0.39 is 6.04 Å². The predicted molar refractivity (Wildman–Crippen MR) is 99.2 cm³/mol. The van der Waals surface area contributed by atoms with Crippen LogP contribution in [-0.2, 0) is 16.1 Å². The highest BCUT2D eigenvalue weighted by atomic mass is 35.5. The predicted octanol–water partition coefficient (Wildman–Crippen LogP) is 3.79. The number of ether oxygens (including phenoxy) is 2. The highest BCUT2D eigenvalue weighted by Crippen LogP contribution is 2.38. The van der Waals surface area contributed by atoms with Gasteiger partial charge in [-0.1, -0.05) is 41.9 Å². The summed E-state index contributed by atoms with van der Waals surface area (Å²) in [6, 6.07) is 14.7. The van der Waals surface area contributed by atoms with Crippen LogP contribution in [0.5, 0.6) is 5.75 Å². The number of cyclic esters (lactones) is 1. The molecule has 2 aromatic carbocycles. The number of carbonyl (C=O) groups is 1. The van der Waals surface area contributed by atoms with Crippen molar-refractivity contribution in [1.82, 2.24) is 5.32 Å². The molecular formula is C20H17ClN2O3. The number of hydrogen-bond donors (Lipinski definition) is 1. The maximum Gasteiger partial charge on any atom is 0.338 e. The van der Waals surface area contributed by atoms with Crippen LogP contribution >= 0.6 is 11.6 Å². The monoisotopic (exact) mass is 368 g/mol. The molecule has 1 atom stereocenters. The number of para-hydroxylation sites is 1. The van der Waals surface area contributed by atoms with Gasteiger partial charge in [0, 0.05) is 10.6 Å². The molecule has 26 heavy (non-hydrogen) atoms. The third kappa shape index (κ3) is 3.18. The molecule has 0 aromatic heterocycles. The van der Waals surface area contributed by atoms with E-state index >= 15 is 0 Å². The van der Waals surface area contributed by atoms with Gasteiger partial charge in [-0.05, 0) is 30.7 Å². The lowest BCUT2D eigenvalue weighted by molar-refractivity contribution is -0.136. The number of hydrogen-bond acceptors (Lipinski definition) is 5. The highest BCUT2D eigenvalue weighted by molar-refractivity contribution is 6.30. The number of halogens is 1. The van der Waals surface area contributed by atoms with Gasteiger partial charge in [-0.2, -0.15) is 0 Å². The van der Waals surface area contributed by atoms with Crippen LogP contribution in [0.3, 0.4) is 0 Å². The quantitative estimate of drug-likeness (QED) is 0.834. The number of rotatable bonds is 4. The second-order valence-electron chi connectivity index (χ2n) is 6.16. The lowest BCUT2D eigenvalue weighted by Crippen LogP contribution is -2.28. The van der Waals surface area contributed by atoms with Gasteiger partial charge in [0.05, 0.1) is 17.1 Å². The molecule has 6 heteroatoms. The number of aliphatic imine (C=N–C) groups is 1. The molecule has 0 bridgehead atoms. The topological polar surface area (TPSA) is 59.9 Å². The molecule has 5 nitrogen and oxygen atoms in total. The van der Waals surface area contributed by atoms with Crippen molar-refractivity contribution in [3.8, 4) is 5.75 Å². The zero-order valence-corrected chi connectivity index (χ0v) is 14.9. The van der Waals surface area contributed by atoms with Gasteiger partial charge in [-0.15, -0.1) is 0 Å². The van der Waals surface area contributed by atoms with E-state index in [1.165, 1.54) is 0 Å². The van der Waals surface area contributed by atoms with Crippen molar-refractivity contribution in [1.29, 1.82) is 0 Å². The first-order valence-corrected chi connectivity index (χ1v) is 8.67. The summed E-state index contributed by atoms with van der Waals surface area (Å²) in [5, 5.41) is 3.81. The molecule has 0 saturated carbocycles. The van der Waals surface area contributed by atoms with Crippen molar-refractivity contribution in [3.63, 3.8) is 0 Å². The Morgan fingerprint density at radius 3 is 2.81 bits per heavy atom. The fourth-order valence-electron chi connectivity index (χ4n) is 3.11. The second-order valence-corrected chi connectivity index (χ2v) is 6.60. The number of amidine groups is 1. The maximum atomic E-state index is 12.2. The van der Waals surface area contributed by atoms with E-state index in [9.17, 15) is 4.79 Å². The Bertz CT molecular complexity index is 919. The number of benzene rings is 2. The zero-order chi connectivity index (χ0) is 18.1. The first-order chi connectivity index (χ1) is 12.6. The molecule has 2 aliphatic rings. The van der Waals surface area contributed by atoms with E-state index in [0.29, 0.717) is 23.0 Å². The molecule has 0 spiro atoms. The fraction of sp³-hybridized carbons (Fsp3) is 0.200. The molecular weight excluding hydrogens is 352 g/mol. The fourth-order valence-corrected chi connectivity index (χ4v) is 3.24. The van der Waals surface area contributed by atoms with Crippen LogP contribution in [0.15, 0.2) is 64.8 Å². The Morgan fingerprint density at radius 1 is 1.23 bits per heavy atom. The Balaban J connectivity index is 1.64. The number of nitrogens with zero attached hydrogens (tertiary/aromatic N) is 1. The molecule has 1 N–H and O–H groups in total. The van der Waals surface area contributed by atoms with E-state index in [0.717, 1.165) is 22.7 Å². The third-order valence-electron chi connectivity index (χ3n) is 4.34. The average Bonchev–Trinajstić information content (AvgIpc) is 3.01. The SMILES string of the molecule is CC1=NC(c2ccccc2OCc2ccc(Cl)cc2)C2=C(COC2=O)N1. The van der Waals surface area contributed by atoms with Crippen LogP contribution < -0.4 is 10.1 Å². The molecule has 2 aliphatic heterocycles. The van der Waals surface area contributed by atoms with Crippen LogP contribution in [0, 0.1) is 0 Å². The molecule has 2 heterocycles. The minimum atomic E-state index is -0.428. The van der Waals surface area contributed by atoms with Crippen molar-refractivity contribution in [3.05, 3.63) is 76.0 Å². The summed E-state index contributed by atoms with van der Waals surface area (Å²) >= 11 is 5.92. The molecule has 0 amide bonds. The first-order valence-electron chi connectivity index (χ1n) is 8.29. The van der Waals surface area contributed by atoms with Crippen molar-refractivity contribution in [2.24, 2.45) is 4.99 Å². The van der Waals surface area contributed by atoms with Gasteiger partial charge < -0.3 is 14.8 Å². The van der Waals surface area contributed by atoms with Crippen LogP contribution in [0.25, 0.3) is 0 Å². The lowest BCUT2D eigenvalue weighted by atomic mass is 9.96. The minimum Gasteiger partial charge on any atom is -0.489 e. The van der Waals surface area contributed by atoms with Crippen LogP contribution in [0.1, 0.15) is 24.1 Å². The van der Waals surface area contributed by atoms with E-state index in [1.807, 2.05) is 55.5 Å². The molecule has 0 fully saturated rings. The summed E-state index contributed by atoms with van der Waals surface area (Å²) in [7, 11) is 0. The standard InChI is InChI=1S/C20H17ClN2O3/c1-12-22-16-11-26-20(24)18(16)19(23-12)15-4-2-3-5-17(15)25-10-13-6-8-14(21)9-7-13/h2-9,19H,10-11H2,1H3,(H,22,23). The van der Waals surface area contributed by atoms with Gasteiger partial charge in [0.25, 0.3) is 0 Å². The van der Waals surface area contributed by atoms with Crippen molar-refractivity contribution < 1.29 is 14.3 Å². The molecule has 0 aliphatic carbocycles. The Kier molecular flexibility index (Phi) is 4.39. The minimum absolute atomic E-state index is 0.255. The molecule has 132 valence electrons. The van der Waals surface area contributed by atoms with E-state index in [2.05, 4.69) is 10.3 Å². The van der Waals surface area contributed by atoms with Gasteiger partial charge in [0.15, 0.2) is 0 Å². The van der Waals surface area contributed by atoms with Crippen LogP contribution in [0.4, 0.5) is 0 Å². The second kappa shape index (κ2) is 6.84. The summed E-state index contributed by atoms with van der Waals surface area (Å²) in [4.78, 5) is 16.8. The summed E-state index contributed by atoms with van der Waals surface area (Å²) < 4.78 is 11.2. The molecule has 1 unspecified atom stereocenters. The van der Waals surface area contributed by atoms with E-state index in [4.69, 9.17) is 21.1 Å². The van der Waals surface area contributed by atoms with Crippen LogP contribution in [0.2, 0.25) is 5.02 Å².